The Hall–Kier alpha value is -2.48. The largest absolute Gasteiger partial charge is 0.444 e. The number of anilines is 2. The van der Waals surface area contributed by atoms with E-state index in [0.717, 1.165) is 5.69 Å². The molecule has 1 aromatic carbocycles. The summed E-state index contributed by atoms with van der Waals surface area (Å²) >= 11 is 1.43. The van der Waals surface area contributed by atoms with Crippen LogP contribution in [-0.4, -0.2) is 22.9 Å². The lowest BCUT2D eigenvalue weighted by Gasteiger charge is -2.19. The predicted molar refractivity (Wildman–Crippen MR) is 94.3 cm³/mol. The summed E-state index contributed by atoms with van der Waals surface area (Å²) in [6.07, 6.45) is 0.764. The van der Waals surface area contributed by atoms with E-state index >= 15 is 0 Å². The van der Waals surface area contributed by atoms with Crippen LogP contribution < -0.4 is 10.7 Å². The number of carbonyl (C=O) groups is 1. The van der Waals surface area contributed by atoms with E-state index in [-0.39, 0.29) is 5.69 Å². The zero-order valence-corrected chi connectivity index (χ0v) is 14.7. The van der Waals surface area contributed by atoms with Gasteiger partial charge in [-0.3, -0.25) is 10.7 Å². The fourth-order valence-electron chi connectivity index (χ4n) is 1.69. The number of nitrogens with one attached hydrogen (secondary N) is 2. The van der Waals surface area contributed by atoms with Gasteiger partial charge in [0.2, 0.25) is 5.13 Å². The van der Waals surface area contributed by atoms with Crippen LogP contribution in [0.4, 0.5) is 20.0 Å². The minimum Gasteiger partial charge on any atom is -0.444 e. The van der Waals surface area contributed by atoms with Crippen LogP contribution in [0.5, 0.6) is 0 Å². The molecule has 0 atom stereocenters. The molecule has 0 aliphatic carbocycles. The predicted octanol–water partition coefficient (Wildman–Crippen LogP) is 4.38. The van der Waals surface area contributed by atoms with Gasteiger partial charge in [0.15, 0.2) is 0 Å². The summed E-state index contributed by atoms with van der Waals surface area (Å²) in [6.45, 7) is 7.09. The molecule has 2 aromatic rings. The molecule has 0 aliphatic rings. The second-order valence-corrected chi connectivity index (χ2v) is 6.89. The molecule has 2 rings (SSSR count). The van der Waals surface area contributed by atoms with Crippen molar-refractivity contribution < 1.29 is 13.9 Å². The van der Waals surface area contributed by atoms with Gasteiger partial charge in [-0.15, -0.1) is 11.3 Å². The Balaban J connectivity index is 1.97. The van der Waals surface area contributed by atoms with Crippen molar-refractivity contribution in [2.45, 2.75) is 33.3 Å². The number of hydrazone groups is 1. The van der Waals surface area contributed by atoms with Gasteiger partial charge in [0.25, 0.3) is 0 Å². The SMILES string of the molecule is Cc1csc(NN=Cc2ccc(NC(=O)OC(C)(C)C)c(F)c2)n1. The zero-order valence-electron chi connectivity index (χ0n) is 13.9. The molecule has 1 heterocycles. The number of amides is 1. The van der Waals surface area contributed by atoms with Crippen LogP contribution in [-0.2, 0) is 4.74 Å². The van der Waals surface area contributed by atoms with Crippen LogP contribution in [0.25, 0.3) is 0 Å². The summed E-state index contributed by atoms with van der Waals surface area (Å²) in [5.41, 5.74) is 3.62. The smallest absolute Gasteiger partial charge is 0.412 e. The van der Waals surface area contributed by atoms with Crippen molar-refractivity contribution in [3.63, 3.8) is 0 Å². The second-order valence-electron chi connectivity index (χ2n) is 6.03. The van der Waals surface area contributed by atoms with Crippen molar-refractivity contribution in [2.24, 2.45) is 5.10 Å². The van der Waals surface area contributed by atoms with E-state index in [2.05, 4.69) is 20.8 Å². The molecule has 6 nitrogen and oxygen atoms in total. The first-order valence-corrected chi connectivity index (χ1v) is 8.12. The van der Waals surface area contributed by atoms with Gasteiger partial charge >= 0.3 is 6.09 Å². The second kappa shape index (κ2) is 7.39. The number of hydrogen-bond acceptors (Lipinski definition) is 6. The average molecular weight is 350 g/mol. The molecule has 8 heteroatoms. The molecule has 0 radical (unpaired) electrons. The van der Waals surface area contributed by atoms with Gasteiger partial charge in [0.1, 0.15) is 11.4 Å². The molecule has 128 valence electrons. The summed E-state index contributed by atoms with van der Waals surface area (Å²) in [6, 6.07) is 4.35. The lowest BCUT2D eigenvalue weighted by molar-refractivity contribution is 0.0635. The molecule has 0 fully saturated rings. The first-order valence-electron chi connectivity index (χ1n) is 7.24. The number of nitrogens with zero attached hydrogens (tertiary/aromatic N) is 2. The molecule has 1 aromatic heterocycles. The van der Waals surface area contributed by atoms with Gasteiger partial charge in [-0.2, -0.15) is 5.10 Å². The number of halogens is 1. The summed E-state index contributed by atoms with van der Waals surface area (Å²) in [4.78, 5) is 15.8. The number of thiazole rings is 1. The molecule has 0 saturated carbocycles. The quantitative estimate of drug-likeness (QED) is 0.634. The van der Waals surface area contributed by atoms with Crippen molar-refractivity contribution in [1.29, 1.82) is 0 Å². The normalized spacial score (nSPS) is 11.5. The van der Waals surface area contributed by atoms with E-state index in [1.54, 1.807) is 26.8 Å². The van der Waals surface area contributed by atoms with Gasteiger partial charge in [-0.25, -0.2) is 14.2 Å². The lowest BCUT2D eigenvalue weighted by Crippen LogP contribution is -2.27. The molecule has 24 heavy (non-hydrogen) atoms. The van der Waals surface area contributed by atoms with E-state index in [4.69, 9.17) is 4.74 Å². The maximum atomic E-state index is 14.0. The zero-order chi connectivity index (χ0) is 17.7. The maximum Gasteiger partial charge on any atom is 0.412 e. The van der Waals surface area contributed by atoms with E-state index in [9.17, 15) is 9.18 Å². The number of rotatable bonds is 4. The highest BCUT2D eigenvalue weighted by atomic mass is 32.1. The van der Waals surface area contributed by atoms with Crippen LogP contribution in [0.3, 0.4) is 0 Å². The summed E-state index contributed by atoms with van der Waals surface area (Å²) in [7, 11) is 0. The Labute approximate surface area is 143 Å². The molecule has 0 bridgehead atoms. The number of aryl methyl sites for hydroxylation is 1. The minimum atomic E-state index is -0.705. The highest BCUT2D eigenvalue weighted by Gasteiger charge is 2.17. The highest BCUT2D eigenvalue weighted by molar-refractivity contribution is 7.13. The third kappa shape index (κ3) is 5.62. The molecule has 2 N–H and O–H groups in total. The fourth-order valence-corrected chi connectivity index (χ4v) is 2.33. The van der Waals surface area contributed by atoms with E-state index < -0.39 is 17.5 Å². The molecule has 0 unspecified atom stereocenters. The Kier molecular flexibility index (Phi) is 5.50. The Bertz CT molecular complexity index is 753. The van der Waals surface area contributed by atoms with Gasteiger partial charge in [-0.1, -0.05) is 6.07 Å². The molecule has 1 amide bonds. The molecule has 0 aliphatic heterocycles. The number of aromatic nitrogens is 1. The molecular formula is C16H19FN4O2S. The Morgan fingerprint density at radius 3 is 2.75 bits per heavy atom. The highest BCUT2D eigenvalue weighted by Crippen LogP contribution is 2.17. The van der Waals surface area contributed by atoms with Crippen LogP contribution in [0.1, 0.15) is 32.0 Å². The van der Waals surface area contributed by atoms with Crippen molar-refractivity contribution >= 4 is 34.5 Å². The molecular weight excluding hydrogens is 331 g/mol. The van der Waals surface area contributed by atoms with Crippen molar-refractivity contribution in [3.05, 3.63) is 40.7 Å². The van der Waals surface area contributed by atoms with Crippen LogP contribution in [0.15, 0.2) is 28.7 Å². The summed E-state index contributed by atoms with van der Waals surface area (Å²) in [5, 5.41) is 8.93. The van der Waals surface area contributed by atoms with Gasteiger partial charge in [0.05, 0.1) is 17.6 Å². The minimum absolute atomic E-state index is 0.0462. The van der Waals surface area contributed by atoms with Gasteiger partial charge in [0, 0.05) is 5.38 Å². The number of ether oxygens (including phenoxy) is 1. The van der Waals surface area contributed by atoms with Gasteiger partial charge < -0.3 is 4.74 Å². The van der Waals surface area contributed by atoms with Crippen LogP contribution in [0.2, 0.25) is 0 Å². The monoisotopic (exact) mass is 350 g/mol. The Morgan fingerprint density at radius 1 is 1.42 bits per heavy atom. The number of benzene rings is 1. The average Bonchev–Trinajstić information content (AvgIpc) is 2.85. The number of hydrogen-bond donors (Lipinski definition) is 2. The molecule has 0 saturated heterocycles. The number of carbonyl (C=O) groups excluding carboxylic acids is 1. The third-order valence-corrected chi connectivity index (χ3v) is 3.49. The fraction of sp³-hybridized carbons (Fsp3) is 0.312. The van der Waals surface area contributed by atoms with Crippen LogP contribution >= 0.6 is 11.3 Å². The third-order valence-electron chi connectivity index (χ3n) is 2.62. The van der Waals surface area contributed by atoms with Crippen LogP contribution in [0, 0.1) is 12.7 Å². The van der Waals surface area contributed by atoms with E-state index in [1.165, 1.54) is 29.7 Å². The standard InChI is InChI=1S/C16H19FN4O2S/c1-10-9-24-14(19-10)21-18-8-11-5-6-13(12(17)7-11)20-15(22)23-16(2,3)4/h5-9H,1-4H3,(H,19,21)(H,20,22). The summed E-state index contributed by atoms with van der Waals surface area (Å²) in [5.74, 6) is -0.574. The topological polar surface area (TPSA) is 75.6 Å². The van der Waals surface area contributed by atoms with Crippen molar-refractivity contribution in [3.8, 4) is 0 Å². The first kappa shape index (κ1) is 17.9. The van der Waals surface area contributed by atoms with Crippen molar-refractivity contribution in [1.82, 2.24) is 4.98 Å². The van der Waals surface area contributed by atoms with E-state index in [0.29, 0.717) is 10.7 Å². The summed E-state index contributed by atoms with van der Waals surface area (Å²) < 4.78 is 19.1. The maximum absolute atomic E-state index is 14.0. The Morgan fingerprint density at radius 2 is 2.17 bits per heavy atom. The van der Waals surface area contributed by atoms with Gasteiger partial charge in [-0.05, 0) is 45.4 Å². The lowest BCUT2D eigenvalue weighted by atomic mass is 10.2. The van der Waals surface area contributed by atoms with Crippen molar-refractivity contribution in [2.75, 3.05) is 10.7 Å². The first-order chi connectivity index (χ1) is 11.2. The molecule has 0 spiro atoms. The van der Waals surface area contributed by atoms with E-state index in [1.807, 2.05) is 12.3 Å².